The quantitative estimate of drug-likeness (QED) is 0.217. The normalized spacial score (nSPS) is 15.6. The Balaban J connectivity index is 1.35. The van der Waals surface area contributed by atoms with E-state index in [0.29, 0.717) is 40.5 Å². The summed E-state index contributed by atoms with van der Waals surface area (Å²) < 4.78 is 17.6. The number of nitrogens with zero attached hydrogens (tertiary/aromatic N) is 2. The van der Waals surface area contributed by atoms with Crippen LogP contribution in [-0.4, -0.2) is 41.6 Å². The molecule has 0 atom stereocenters. The molecular formula is C31H28ClN3O4S. The number of fused-ring (bicyclic) bond motifs is 1. The third kappa shape index (κ3) is 5.93. The third-order valence-electron chi connectivity index (χ3n) is 6.12. The fourth-order valence-corrected chi connectivity index (χ4v) is 5.64. The molecule has 0 unspecified atom stereocenters. The van der Waals surface area contributed by atoms with Gasteiger partial charge >= 0.3 is 0 Å². The molecule has 1 N–H and O–H groups in total. The average Bonchev–Trinajstić information content (AvgIpc) is 3.34. The number of nitrogens with one attached hydrogen (secondary N) is 1. The zero-order valence-corrected chi connectivity index (χ0v) is 23.9. The van der Waals surface area contributed by atoms with E-state index in [1.165, 1.54) is 11.8 Å². The van der Waals surface area contributed by atoms with Gasteiger partial charge in [0.15, 0.2) is 16.7 Å². The van der Waals surface area contributed by atoms with Gasteiger partial charge in [-0.25, -0.2) is 0 Å². The summed E-state index contributed by atoms with van der Waals surface area (Å²) in [6, 6.07) is 19.2. The van der Waals surface area contributed by atoms with Crippen LogP contribution in [-0.2, 0) is 4.79 Å². The molecule has 40 heavy (non-hydrogen) atoms. The van der Waals surface area contributed by atoms with Gasteiger partial charge in [-0.1, -0.05) is 59.8 Å². The van der Waals surface area contributed by atoms with E-state index >= 15 is 0 Å². The number of aliphatic imine (C=N–C) groups is 1. The Kier molecular flexibility index (Phi) is 8.28. The summed E-state index contributed by atoms with van der Waals surface area (Å²) in [6.07, 6.45) is 1.61. The Labute approximate surface area is 242 Å². The topological polar surface area (TPSA) is 84.2 Å². The molecule has 0 aromatic heterocycles. The first kappa shape index (κ1) is 27.6. The highest BCUT2D eigenvalue weighted by Gasteiger charge is 2.36. The maximum atomic E-state index is 12.9. The molecule has 2 heterocycles. The van der Waals surface area contributed by atoms with Crippen molar-refractivity contribution >= 4 is 52.0 Å². The van der Waals surface area contributed by atoms with Gasteiger partial charge in [-0.2, -0.15) is 4.99 Å². The lowest BCUT2D eigenvalue weighted by Crippen LogP contribution is -2.38. The molecule has 0 saturated carbocycles. The highest BCUT2D eigenvalue weighted by atomic mass is 35.5. The minimum Gasteiger partial charge on any atom is -0.490 e. The Morgan fingerprint density at radius 1 is 1.00 bits per heavy atom. The summed E-state index contributed by atoms with van der Waals surface area (Å²) in [5.74, 6) is 1.18. The van der Waals surface area contributed by atoms with Crippen molar-refractivity contribution in [1.29, 1.82) is 5.41 Å². The highest BCUT2D eigenvalue weighted by molar-refractivity contribution is 8.17. The van der Waals surface area contributed by atoms with Gasteiger partial charge in [-0.15, -0.1) is 0 Å². The van der Waals surface area contributed by atoms with Crippen molar-refractivity contribution in [3.8, 4) is 17.2 Å². The second-order valence-electron chi connectivity index (χ2n) is 9.21. The molecular weight excluding hydrogens is 546 g/mol. The standard InChI is InChI=1S/C31H28ClN3O4S/c1-4-37-27-17-21(16-25(32)28(27)39-11-10-38-23-13-19(2)12-20(3)14-23)15-24-29(33)35-26(22-8-6-5-7-9-22)18-40-31(35)34-30(24)36/h5-9,12-18,33H,4,10-11H2,1-3H3/b24-15-,33-29?. The van der Waals surface area contributed by atoms with Crippen molar-refractivity contribution in [3.05, 3.63) is 98.9 Å². The molecule has 7 nitrogen and oxygen atoms in total. The van der Waals surface area contributed by atoms with Gasteiger partial charge in [0.05, 0.1) is 22.9 Å². The number of halogens is 1. The van der Waals surface area contributed by atoms with E-state index in [2.05, 4.69) is 11.1 Å². The van der Waals surface area contributed by atoms with E-state index in [1.807, 2.05) is 68.6 Å². The van der Waals surface area contributed by atoms with Gasteiger partial charge in [0, 0.05) is 5.41 Å². The van der Waals surface area contributed by atoms with Crippen molar-refractivity contribution in [2.75, 3.05) is 19.8 Å². The minimum absolute atomic E-state index is 0.0491. The van der Waals surface area contributed by atoms with Gasteiger partial charge in [0.2, 0.25) is 0 Å². The number of benzene rings is 3. The van der Waals surface area contributed by atoms with Gasteiger partial charge in [0.25, 0.3) is 5.91 Å². The maximum absolute atomic E-state index is 12.9. The van der Waals surface area contributed by atoms with Gasteiger partial charge in [-0.3, -0.25) is 15.1 Å². The molecule has 3 aromatic rings. The number of carbonyl (C=O) groups excluding carboxylic acids is 1. The molecule has 0 radical (unpaired) electrons. The van der Waals surface area contributed by atoms with Crippen LogP contribution >= 0.6 is 23.4 Å². The van der Waals surface area contributed by atoms with Crippen LogP contribution < -0.4 is 14.2 Å². The van der Waals surface area contributed by atoms with Crippen LogP contribution in [0.15, 0.2) is 76.6 Å². The SMILES string of the molecule is CCOc1cc(/C=C2/C(=N)N3C(c4ccccc4)=CSC3=NC2=O)cc(Cl)c1OCCOc1cc(C)cc(C)c1. The molecule has 204 valence electrons. The molecule has 3 aromatic carbocycles. The summed E-state index contributed by atoms with van der Waals surface area (Å²) in [5, 5.41) is 11.6. The van der Waals surface area contributed by atoms with Gasteiger partial charge in [0.1, 0.15) is 24.8 Å². The van der Waals surface area contributed by atoms with Crippen molar-refractivity contribution in [2.24, 2.45) is 4.99 Å². The van der Waals surface area contributed by atoms with Gasteiger partial charge < -0.3 is 14.2 Å². The van der Waals surface area contributed by atoms with Crippen LogP contribution in [0.3, 0.4) is 0 Å². The zero-order chi connectivity index (χ0) is 28.2. The first-order chi connectivity index (χ1) is 19.3. The van der Waals surface area contributed by atoms with Crippen molar-refractivity contribution in [3.63, 3.8) is 0 Å². The van der Waals surface area contributed by atoms with E-state index in [9.17, 15) is 4.79 Å². The number of hydrogen-bond acceptors (Lipinski definition) is 6. The second kappa shape index (κ2) is 12.0. The summed E-state index contributed by atoms with van der Waals surface area (Å²) in [7, 11) is 0. The third-order valence-corrected chi connectivity index (χ3v) is 7.23. The number of hydrogen-bond donors (Lipinski definition) is 1. The summed E-state index contributed by atoms with van der Waals surface area (Å²) >= 11 is 7.95. The largest absolute Gasteiger partial charge is 0.490 e. The van der Waals surface area contributed by atoms with E-state index in [0.717, 1.165) is 28.1 Å². The molecule has 0 saturated heterocycles. The van der Waals surface area contributed by atoms with E-state index in [4.69, 9.17) is 31.2 Å². The molecule has 9 heteroatoms. The van der Waals surface area contributed by atoms with E-state index < -0.39 is 5.91 Å². The first-order valence-electron chi connectivity index (χ1n) is 12.8. The lowest BCUT2D eigenvalue weighted by molar-refractivity contribution is -0.114. The number of thioether (sulfide) groups is 1. The zero-order valence-electron chi connectivity index (χ0n) is 22.4. The minimum atomic E-state index is -0.482. The number of carbonyl (C=O) groups is 1. The fraction of sp³-hybridized carbons (Fsp3) is 0.194. The molecule has 5 rings (SSSR count). The molecule has 1 amide bonds. The summed E-state index contributed by atoms with van der Waals surface area (Å²) in [6.45, 7) is 6.90. The van der Waals surface area contributed by atoms with Crippen molar-refractivity contribution < 1.29 is 19.0 Å². The maximum Gasteiger partial charge on any atom is 0.283 e. The van der Waals surface area contributed by atoms with E-state index in [1.54, 1.807) is 23.1 Å². The number of amidine groups is 2. The smallest absolute Gasteiger partial charge is 0.283 e. The molecule has 0 spiro atoms. The second-order valence-corrected chi connectivity index (χ2v) is 10.5. The van der Waals surface area contributed by atoms with Gasteiger partial charge in [-0.05, 0) is 73.4 Å². The number of rotatable bonds is 9. The van der Waals surface area contributed by atoms with Crippen molar-refractivity contribution in [2.45, 2.75) is 20.8 Å². The first-order valence-corrected chi connectivity index (χ1v) is 14.1. The monoisotopic (exact) mass is 573 g/mol. The Morgan fingerprint density at radius 3 is 2.45 bits per heavy atom. The van der Waals surface area contributed by atoms with Crippen LogP contribution in [0.1, 0.15) is 29.2 Å². The lowest BCUT2D eigenvalue weighted by atomic mass is 10.1. The van der Waals surface area contributed by atoms with Crippen LogP contribution in [0.2, 0.25) is 5.02 Å². The Morgan fingerprint density at radius 2 is 1.73 bits per heavy atom. The number of aryl methyl sites for hydroxylation is 2. The summed E-state index contributed by atoms with van der Waals surface area (Å²) in [5.41, 5.74) is 4.74. The summed E-state index contributed by atoms with van der Waals surface area (Å²) in [4.78, 5) is 18.8. The predicted octanol–water partition coefficient (Wildman–Crippen LogP) is 7.12. The molecule has 0 fully saturated rings. The number of ether oxygens (including phenoxy) is 3. The molecule has 2 aliphatic heterocycles. The van der Waals surface area contributed by atoms with Crippen molar-refractivity contribution in [1.82, 2.24) is 4.90 Å². The Bertz CT molecular complexity index is 1550. The number of amides is 1. The molecule has 2 aliphatic rings. The average molecular weight is 574 g/mol. The predicted molar refractivity (Wildman–Crippen MR) is 162 cm³/mol. The Hall–Kier alpha value is -4.01. The lowest BCUT2D eigenvalue weighted by Gasteiger charge is -2.27. The fourth-order valence-electron chi connectivity index (χ4n) is 4.47. The molecule has 0 aliphatic carbocycles. The van der Waals surface area contributed by atoms with E-state index in [-0.39, 0.29) is 18.0 Å². The van der Waals surface area contributed by atoms with Crippen LogP contribution in [0.4, 0.5) is 0 Å². The molecule has 0 bridgehead atoms. The van der Waals surface area contributed by atoms with Crippen LogP contribution in [0.25, 0.3) is 11.8 Å². The van der Waals surface area contributed by atoms with Crippen LogP contribution in [0.5, 0.6) is 17.2 Å². The van der Waals surface area contributed by atoms with Crippen LogP contribution in [0, 0.1) is 19.3 Å². The highest BCUT2D eigenvalue weighted by Crippen LogP contribution is 2.40.